The molecule has 0 saturated heterocycles. The summed E-state index contributed by atoms with van der Waals surface area (Å²) in [6, 6.07) is 1.68. The minimum absolute atomic E-state index is 0.221. The normalized spacial score (nSPS) is 9.64. The molecular formula is C7H9ClN2O. The second kappa shape index (κ2) is 4.13. The lowest BCUT2D eigenvalue weighted by Gasteiger charge is -2.01. The highest BCUT2D eigenvalue weighted by atomic mass is 35.5. The van der Waals surface area contributed by atoms with Crippen LogP contribution in [0.25, 0.3) is 0 Å². The number of rotatable bonds is 3. The summed E-state index contributed by atoms with van der Waals surface area (Å²) in [5, 5.41) is 0.221. The molecule has 0 aromatic carbocycles. The van der Waals surface area contributed by atoms with Crippen molar-refractivity contribution in [2.75, 3.05) is 6.61 Å². The summed E-state index contributed by atoms with van der Waals surface area (Å²) in [6.07, 6.45) is 2.53. The van der Waals surface area contributed by atoms with Crippen LogP contribution in [0.3, 0.4) is 0 Å². The molecular weight excluding hydrogens is 164 g/mol. The number of hydrogen-bond donors (Lipinski definition) is 0. The van der Waals surface area contributed by atoms with Gasteiger partial charge in [-0.1, -0.05) is 6.92 Å². The van der Waals surface area contributed by atoms with Gasteiger partial charge in [0.2, 0.25) is 11.2 Å². The summed E-state index contributed by atoms with van der Waals surface area (Å²) in [6.45, 7) is 2.69. The first-order valence-electron chi connectivity index (χ1n) is 3.44. The van der Waals surface area contributed by atoms with Crippen LogP contribution < -0.4 is 4.74 Å². The predicted octanol–water partition coefficient (Wildman–Crippen LogP) is 1.92. The minimum atomic E-state index is 0.221. The van der Waals surface area contributed by atoms with Crippen LogP contribution in [0.1, 0.15) is 13.3 Å². The largest absolute Gasteiger partial charge is 0.478 e. The van der Waals surface area contributed by atoms with E-state index < -0.39 is 0 Å². The Kier molecular flexibility index (Phi) is 3.11. The molecule has 4 heteroatoms. The maximum atomic E-state index is 5.52. The molecule has 0 aliphatic carbocycles. The van der Waals surface area contributed by atoms with Gasteiger partial charge in [0.25, 0.3) is 0 Å². The third-order valence-corrected chi connectivity index (χ3v) is 1.24. The summed E-state index contributed by atoms with van der Waals surface area (Å²) < 4.78 is 5.20. The van der Waals surface area contributed by atoms with E-state index in [-0.39, 0.29) is 5.28 Å². The van der Waals surface area contributed by atoms with Gasteiger partial charge in [-0.25, -0.2) is 4.98 Å². The first-order chi connectivity index (χ1) is 5.33. The van der Waals surface area contributed by atoms with Crippen molar-refractivity contribution in [3.63, 3.8) is 0 Å². The molecule has 1 rings (SSSR count). The SMILES string of the molecule is CCCOc1ccnc(Cl)n1. The van der Waals surface area contributed by atoms with E-state index in [1.54, 1.807) is 12.3 Å². The zero-order chi connectivity index (χ0) is 8.10. The summed E-state index contributed by atoms with van der Waals surface area (Å²) in [4.78, 5) is 7.57. The van der Waals surface area contributed by atoms with E-state index in [0.29, 0.717) is 12.5 Å². The zero-order valence-corrected chi connectivity index (χ0v) is 7.01. The van der Waals surface area contributed by atoms with Gasteiger partial charge in [-0.15, -0.1) is 0 Å². The van der Waals surface area contributed by atoms with E-state index in [1.807, 2.05) is 6.92 Å². The van der Waals surface area contributed by atoms with Crippen LogP contribution in [0.5, 0.6) is 5.88 Å². The van der Waals surface area contributed by atoms with E-state index in [0.717, 1.165) is 6.42 Å². The quantitative estimate of drug-likeness (QED) is 0.654. The minimum Gasteiger partial charge on any atom is -0.478 e. The third kappa shape index (κ3) is 2.72. The average molecular weight is 173 g/mol. The number of aromatic nitrogens is 2. The Morgan fingerprint density at radius 2 is 2.45 bits per heavy atom. The van der Waals surface area contributed by atoms with Gasteiger partial charge in [-0.3, -0.25) is 0 Å². The van der Waals surface area contributed by atoms with Gasteiger partial charge in [0, 0.05) is 12.3 Å². The van der Waals surface area contributed by atoms with Crippen LogP contribution in [0.2, 0.25) is 5.28 Å². The van der Waals surface area contributed by atoms with Crippen LogP contribution in [-0.4, -0.2) is 16.6 Å². The van der Waals surface area contributed by atoms with Crippen molar-refractivity contribution in [3.8, 4) is 5.88 Å². The van der Waals surface area contributed by atoms with Gasteiger partial charge in [0.15, 0.2) is 0 Å². The number of ether oxygens (including phenoxy) is 1. The lowest BCUT2D eigenvalue weighted by Crippen LogP contribution is -1.97. The first kappa shape index (κ1) is 8.27. The number of nitrogens with zero attached hydrogens (tertiary/aromatic N) is 2. The van der Waals surface area contributed by atoms with Crippen LogP contribution in [-0.2, 0) is 0 Å². The van der Waals surface area contributed by atoms with E-state index in [1.165, 1.54) is 0 Å². The number of halogens is 1. The molecule has 60 valence electrons. The zero-order valence-electron chi connectivity index (χ0n) is 6.25. The van der Waals surface area contributed by atoms with Gasteiger partial charge in [0.05, 0.1) is 6.61 Å². The van der Waals surface area contributed by atoms with Gasteiger partial charge >= 0.3 is 0 Å². The highest BCUT2D eigenvalue weighted by Gasteiger charge is 1.94. The van der Waals surface area contributed by atoms with E-state index in [2.05, 4.69) is 9.97 Å². The number of hydrogen-bond acceptors (Lipinski definition) is 3. The Morgan fingerprint density at radius 3 is 3.09 bits per heavy atom. The fourth-order valence-corrected chi connectivity index (χ4v) is 0.746. The summed E-state index contributed by atoms with van der Waals surface area (Å²) in [7, 11) is 0. The lowest BCUT2D eigenvalue weighted by molar-refractivity contribution is 0.304. The Hall–Kier alpha value is -0.830. The van der Waals surface area contributed by atoms with Gasteiger partial charge < -0.3 is 4.74 Å². The summed E-state index contributed by atoms with van der Waals surface area (Å²) >= 11 is 5.52. The molecule has 0 radical (unpaired) electrons. The van der Waals surface area contributed by atoms with Gasteiger partial charge in [0.1, 0.15) is 0 Å². The fraction of sp³-hybridized carbons (Fsp3) is 0.429. The third-order valence-electron chi connectivity index (χ3n) is 1.05. The highest BCUT2D eigenvalue weighted by molar-refractivity contribution is 6.28. The molecule has 0 fully saturated rings. The van der Waals surface area contributed by atoms with Crippen molar-refractivity contribution in [3.05, 3.63) is 17.5 Å². The van der Waals surface area contributed by atoms with Gasteiger partial charge in [-0.2, -0.15) is 4.98 Å². The monoisotopic (exact) mass is 172 g/mol. The van der Waals surface area contributed by atoms with Crippen LogP contribution in [0.15, 0.2) is 12.3 Å². The van der Waals surface area contributed by atoms with Gasteiger partial charge in [-0.05, 0) is 18.0 Å². The standard InChI is InChI=1S/C7H9ClN2O/c1-2-5-11-6-3-4-9-7(8)10-6/h3-4H,2,5H2,1H3. The van der Waals surface area contributed by atoms with Crippen LogP contribution in [0.4, 0.5) is 0 Å². The van der Waals surface area contributed by atoms with Crippen molar-refractivity contribution in [1.82, 2.24) is 9.97 Å². The Balaban J connectivity index is 2.56. The molecule has 0 unspecified atom stereocenters. The van der Waals surface area contributed by atoms with Crippen molar-refractivity contribution < 1.29 is 4.74 Å². The first-order valence-corrected chi connectivity index (χ1v) is 3.82. The molecule has 0 atom stereocenters. The lowest BCUT2D eigenvalue weighted by atomic mass is 10.5. The van der Waals surface area contributed by atoms with Crippen molar-refractivity contribution in [2.45, 2.75) is 13.3 Å². The molecule has 0 aliphatic rings. The van der Waals surface area contributed by atoms with Crippen LogP contribution >= 0.6 is 11.6 Å². The Labute approximate surface area is 70.4 Å². The molecule has 0 bridgehead atoms. The smallest absolute Gasteiger partial charge is 0.225 e. The molecule has 1 aromatic rings. The Morgan fingerprint density at radius 1 is 1.64 bits per heavy atom. The van der Waals surface area contributed by atoms with Crippen LogP contribution in [0, 0.1) is 0 Å². The molecule has 0 aliphatic heterocycles. The molecule has 1 heterocycles. The molecule has 3 nitrogen and oxygen atoms in total. The second-order valence-corrected chi connectivity index (χ2v) is 2.35. The predicted molar refractivity (Wildman–Crippen MR) is 42.8 cm³/mol. The fourth-order valence-electron chi connectivity index (χ4n) is 0.607. The molecule has 0 amide bonds. The summed E-state index contributed by atoms with van der Waals surface area (Å²) in [5.41, 5.74) is 0. The molecule has 11 heavy (non-hydrogen) atoms. The maximum absolute atomic E-state index is 5.52. The van der Waals surface area contributed by atoms with E-state index in [4.69, 9.17) is 16.3 Å². The highest BCUT2D eigenvalue weighted by Crippen LogP contribution is 2.07. The van der Waals surface area contributed by atoms with Crippen molar-refractivity contribution in [2.24, 2.45) is 0 Å². The van der Waals surface area contributed by atoms with Crippen molar-refractivity contribution in [1.29, 1.82) is 0 Å². The molecule has 0 spiro atoms. The van der Waals surface area contributed by atoms with E-state index >= 15 is 0 Å². The summed E-state index contributed by atoms with van der Waals surface area (Å²) in [5.74, 6) is 0.534. The Bertz CT molecular complexity index is 229. The average Bonchev–Trinajstić information content (AvgIpc) is 2.01. The molecule has 0 saturated carbocycles. The molecule has 0 N–H and O–H groups in total. The topological polar surface area (TPSA) is 35.0 Å². The molecule has 1 aromatic heterocycles. The second-order valence-electron chi connectivity index (χ2n) is 2.01. The maximum Gasteiger partial charge on any atom is 0.225 e. The van der Waals surface area contributed by atoms with E-state index in [9.17, 15) is 0 Å². The van der Waals surface area contributed by atoms with Crippen molar-refractivity contribution >= 4 is 11.6 Å².